The zero-order chi connectivity index (χ0) is 14.4. The lowest BCUT2D eigenvalue weighted by Gasteiger charge is -2.12. The lowest BCUT2D eigenvalue weighted by Crippen LogP contribution is -2.39. The van der Waals surface area contributed by atoms with Gasteiger partial charge < -0.3 is 10.6 Å². The van der Waals surface area contributed by atoms with Gasteiger partial charge in [-0.25, -0.2) is 4.79 Å². The van der Waals surface area contributed by atoms with Crippen molar-refractivity contribution in [3.8, 4) is 0 Å². The largest absolute Gasteiger partial charge is 0.337 e. The minimum atomic E-state index is -0.921. The van der Waals surface area contributed by atoms with Crippen molar-refractivity contribution in [2.24, 2.45) is 0 Å². The molecule has 2 atom stereocenters. The van der Waals surface area contributed by atoms with Crippen molar-refractivity contribution in [3.63, 3.8) is 0 Å². The van der Waals surface area contributed by atoms with Crippen molar-refractivity contribution in [2.75, 3.05) is 12.8 Å². The molecular weight excluding hydrogens is 328 g/mol. The van der Waals surface area contributed by atoms with Crippen LogP contribution in [0.1, 0.15) is 18.1 Å². The van der Waals surface area contributed by atoms with Crippen LogP contribution >= 0.6 is 15.9 Å². The Morgan fingerprint density at radius 3 is 2.68 bits per heavy atom. The number of carbonyl (C=O) groups excluding carboxylic acids is 1. The van der Waals surface area contributed by atoms with E-state index >= 15 is 0 Å². The van der Waals surface area contributed by atoms with Gasteiger partial charge in [-0.3, -0.25) is 4.21 Å². The first-order valence-electron chi connectivity index (χ1n) is 5.99. The van der Waals surface area contributed by atoms with Gasteiger partial charge in [0.1, 0.15) is 0 Å². The van der Waals surface area contributed by atoms with Crippen molar-refractivity contribution >= 4 is 32.8 Å². The number of hydrogen-bond donors (Lipinski definition) is 2. The molecule has 1 aromatic carbocycles. The quantitative estimate of drug-likeness (QED) is 0.859. The van der Waals surface area contributed by atoms with Gasteiger partial charge in [0, 0.05) is 39.9 Å². The van der Waals surface area contributed by atoms with E-state index in [1.807, 2.05) is 32.0 Å². The molecule has 2 N–H and O–H groups in total. The molecule has 0 aromatic heterocycles. The summed E-state index contributed by atoms with van der Waals surface area (Å²) in [5.74, 6) is 0. The van der Waals surface area contributed by atoms with Gasteiger partial charge in [0.2, 0.25) is 0 Å². The van der Waals surface area contributed by atoms with Crippen LogP contribution in [0.5, 0.6) is 0 Å². The van der Waals surface area contributed by atoms with Crippen molar-refractivity contribution in [2.45, 2.75) is 25.6 Å². The third-order valence-electron chi connectivity index (χ3n) is 2.86. The molecule has 1 aromatic rings. The van der Waals surface area contributed by atoms with Crippen molar-refractivity contribution < 1.29 is 9.00 Å². The molecule has 0 saturated heterocycles. The molecule has 0 bridgehead atoms. The molecule has 0 unspecified atom stereocenters. The van der Waals surface area contributed by atoms with Crippen LogP contribution in [0, 0.1) is 6.92 Å². The Morgan fingerprint density at radius 1 is 1.42 bits per heavy atom. The molecule has 0 fully saturated rings. The Morgan fingerprint density at radius 2 is 2.11 bits per heavy atom. The number of nitrogens with one attached hydrogen (secondary N) is 2. The van der Waals surface area contributed by atoms with Crippen LogP contribution in [0.3, 0.4) is 0 Å². The summed E-state index contributed by atoms with van der Waals surface area (Å²) < 4.78 is 12.2. The molecule has 0 aliphatic carbocycles. The van der Waals surface area contributed by atoms with E-state index in [9.17, 15) is 9.00 Å². The maximum Gasteiger partial charge on any atom is 0.315 e. The molecule has 6 heteroatoms. The first-order chi connectivity index (χ1) is 8.90. The Bertz CT molecular complexity index is 480. The van der Waals surface area contributed by atoms with Crippen LogP contribution in [0.25, 0.3) is 0 Å². The van der Waals surface area contributed by atoms with Crippen LogP contribution in [0.4, 0.5) is 4.79 Å². The van der Waals surface area contributed by atoms with E-state index in [-0.39, 0.29) is 11.3 Å². The minimum Gasteiger partial charge on any atom is -0.337 e. The fourth-order valence-corrected chi connectivity index (χ4v) is 2.24. The van der Waals surface area contributed by atoms with Crippen molar-refractivity contribution in [1.82, 2.24) is 10.6 Å². The predicted molar refractivity (Wildman–Crippen MR) is 82.6 cm³/mol. The molecule has 1 rings (SSSR count). The second-order valence-electron chi connectivity index (χ2n) is 4.44. The van der Waals surface area contributed by atoms with Gasteiger partial charge in [0.15, 0.2) is 0 Å². The summed E-state index contributed by atoms with van der Waals surface area (Å²) in [6.45, 7) is 4.74. The molecule has 0 radical (unpaired) electrons. The number of urea groups is 1. The Labute approximate surface area is 124 Å². The molecule has 4 nitrogen and oxygen atoms in total. The van der Waals surface area contributed by atoms with E-state index in [1.54, 1.807) is 6.26 Å². The average Bonchev–Trinajstić information content (AvgIpc) is 2.34. The van der Waals surface area contributed by atoms with E-state index in [2.05, 4.69) is 26.6 Å². The van der Waals surface area contributed by atoms with Crippen molar-refractivity contribution in [1.29, 1.82) is 0 Å². The van der Waals surface area contributed by atoms with Gasteiger partial charge in [-0.2, -0.15) is 0 Å². The third-order valence-corrected chi connectivity index (χ3v) is 4.65. The average molecular weight is 347 g/mol. The highest BCUT2D eigenvalue weighted by atomic mass is 79.9. The van der Waals surface area contributed by atoms with Gasteiger partial charge in [0.25, 0.3) is 0 Å². The van der Waals surface area contributed by atoms with Crippen molar-refractivity contribution in [3.05, 3.63) is 33.8 Å². The number of carbonyl (C=O) groups is 1. The van der Waals surface area contributed by atoms with E-state index in [4.69, 9.17) is 0 Å². The highest BCUT2D eigenvalue weighted by Gasteiger charge is 2.08. The lowest BCUT2D eigenvalue weighted by molar-refractivity contribution is 0.240. The van der Waals surface area contributed by atoms with Gasteiger partial charge in [0.05, 0.1) is 0 Å². The van der Waals surface area contributed by atoms with Gasteiger partial charge in [-0.05, 0) is 37.1 Å². The summed E-state index contributed by atoms with van der Waals surface area (Å²) in [6, 6.07) is 5.70. The second-order valence-corrected chi connectivity index (χ2v) is 7.16. The maximum atomic E-state index is 11.6. The standard InChI is InChI=1S/C13H19BrN2O2S/c1-9-6-12(14)5-4-11(9)8-16-13(17)15-7-10(2)19(3)18/h4-6,10H,7-8H2,1-3H3,(H2,15,16,17)/t10-,19-/m1/s1. The molecule has 0 saturated carbocycles. The number of benzene rings is 1. The molecule has 2 amide bonds. The topological polar surface area (TPSA) is 58.2 Å². The molecule has 0 aliphatic rings. The van der Waals surface area contributed by atoms with Crippen LogP contribution in [0.2, 0.25) is 0 Å². The van der Waals surface area contributed by atoms with E-state index in [0.717, 1.165) is 15.6 Å². The first kappa shape index (κ1) is 16.2. The zero-order valence-electron chi connectivity index (χ0n) is 11.3. The SMILES string of the molecule is Cc1cc(Br)ccc1CNC(=O)NC[C@@H](C)[S@@](C)=O. The number of halogens is 1. The van der Waals surface area contributed by atoms with Gasteiger partial charge in [-0.15, -0.1) is 0 Å². The van der Waals surface area contributed by atoms with Gasteiger partial charge in [-0.1, -0.05) is 22.0 Å². The molecular formula is C13H19BrN2O2S. The summed E-state index contributed by atoms with van der Waals surface area (Å²) in [5, 5.41) is 5.46. The fourth-order valence-electron chi connectivity index (χ4n) is 1.45. The molecule has 0 spiro atoms. The normalized spacial score (nSPS) is 13.7. The second kappa shape index (κ2) is 7.65. The van der Waals surface area contributed by atoms with Crippen LogP contribution < -0.4 is 10.6 Å². The fraction of sp³-hybridized carbons (Fsp3) is 0.462. The summed E-state index contributed by atoms with van der Waals surface area (Å²) >= 11 is 3.40. The number of hydrogen-bond acceptors (Lipinski definition) is 2. The lowest BCUT2D eigenvalue weighted by atomic mass is 10.1. The molecule has 0 heterocycles. The third kappa shape index (κ3) is 5.74. The highest BCUT2D eigenvalue weighted by Crippen LogP contribution is 2.15. The molecule has 106 valence electrons. The number of aryl methyl sites for hydroxylation is 1. The van der Waals surface area contributed by atoms with E-state index in [1.165, 1.54) is 0 Å². The maximum absolute atomic E-state index is 11.6. The monoisotopic (exact) mass is 346 g/mol. The number of rotatable bonds is 5. The molecule has 19 heavy (non-hydrogen) atoms. The van der Waals surface area contributed by atoms with E-state index in [0.29, 0.717) is 13.1 Å². The Kier molecular flexibility index (Phi) is 6.51. The Hall–Kier alpha value is -0.880. The zero-order valence-corrected chi connectivity index (χ0v) is 13.7. The highest BCUT2D eigenvalue weighted by molar-refractivity contribution is 9.10. The predicted octanol–water partition coefficient (Wildman–Crippen LogP) is 2.32. The summed E-state index contributed by atoms with van der Waals surface area (Å²) in [5.41, 5.74) is 2.20. The Balaban J connectivity index is 2.40. The number of amides is 2. The van der Waals surface area contributed by atoms with Crippen LogP contribution in [-0.2, 0) is 17.3 Å². The smallest absolute Gasteiger partial charge is 0.315 e. The van der Waals surface area contributed by atoms with Gasteiger partial charge >= 0.3 is 6.03 Å². The van der Waals surface area contributed by atoms with E-state index < -0.39 is 10.8 Å². The minimum absolute atomic E-state index is 0.0415. The summed E-state index contributed by atoms with van der Waals surface area (Å²) in [7, 11) is -0.921. The van der Waals surface area contributed by atoms with Crippen LogP contribution in [-0.4, -0.2) is 28.3 Å². The first-order valence-corrected chi connectivity index (χ1v) is 8.40. The van der Waals surface area contributed by atoms with Crippen LogP contribution in [0.15, 0.2) is 22.7 Å². The summed E-state index contributed by atoms with van der Waals surface area (Å²) in [6.07, 6.45) is 1.63. The summed E-state index contributed by atoms with van der Waals surface area (Å²) in [4.78, 5) is 11.6. The molecule has 0 aliphatic heterocycles.